The van der Waals surface area contributed by atoms with E-state index in [9.17, 15) is 43.2 Å². The minimum atomic E-state index is -4.97. The second-order valence-electron chi connectivity index (χ2n) is 25.9. The van der Waals surface area contributed by atoms with Crippen LogP contribution in [0.2, 0.25) is 0 Å². The van der Waals surface area contributed by atoms with Gasteiger partial charge in [-0.05, 0) is 109 Å². The highest BCUT2D eigenvalue weighted by Crippen LogP contribution is 2.45. The molecule has 96 heavy (non-hydrogen) atoms. The zero-order chi connectivity index (χ0) is 70.4. The first-order valence-electron chi connectivity index (χ1n) is 38.5. The smallest absolute Gasteiger partial charge is 0.462 e. The molecule has 0 aromatic rings. The topological polar surface area (TPSA) is 237 Å². The zero-order valence-electron chi connectivity index (χ0n) is 61.1. The molecular formula is C77H140O17P2. The molecule has 0 aromatic heterocycles. The van der Waals surface area contributed by atoms with E-state index in [2.05, 4.69) is 88.5 Å². The third-order valence-corrected chi connectivity index (χ3v) is 18.3. The van der Waals surface area contributed by atoms with Gasteiger partial charge in [-0.15, -0.1) is 0 Å². The monoisotopic (exact) mass is 1400 g/mol. The number of carbonyl (C=O) groups excluding carboxylic acids is 4. The molecule has 17 nitrogen and oxygen atoms in total. The van der Waals surface area contributed by atoms with Crippen LogP contribution in [0.5, 0.6) is 0 Å². The minimum absolute atomic E-state index is 0.0787. The molecule has 0 bridgehead atoms. The van der Waals surface area contributed by atoms with Crippen molar-refractivity contribution in [3.05, 3.63) is 60.8 Å². The molecule has 0 saturated carbocycles. The molecule has 0 aliphatic rings. The van der Waals surface area contributed by atoms with Crippen LogP contribution in [0.1, 0.15) is 349 Å². The number of esters is 4. The van der Waals surface area contributed by atoms with Gasteiger partial charge in [0.15, 0.2) is 12.2 Å². The van der Waals surface area contributed by atoms with Gasteiger partial charge in [0.1, 0.15) is 19.3 Å². The molecule has 0 saturated heterocycles. The Kier molecular flexibility index (Phi) is 67.8. The minimum Gasteiger partial charge on any atom is -0.462 e. The lowest BCUT2D eigenvalue weighted by Crippen LogP contribution is -2.30. The normalized spacial score (nSPS) is 14.3. The van der Waals surface area contributed by atoms with E-state index in [0.29, 0.717) is 25.7 Å². The summed E-state index contributed by atoms with van der Waals surface area (Å²) in [7, 11) is -9.94. The first kappa shape index (κ1) is 92.8. The molecule has 5 unspecified atom stereocenters. The van der Waals surface area contributed by atoms with E-state index in [0.717, 1.165) is 154 Å². The van der Waals surface area contributed by atoms with Crippen molar-refractivity contribution in [1.82, 2.24) is 0 Å². The summed E-state index contributed by atoms with van der Waals surface area (Å²) < 4.78 is 68.4. The molecule has 0 fully saturated rings. The van der Waals surface area contributed by atoms with Crippen molar-refractivity contribution in [2.75, 3.05) is 39.6 Å². The number of phosphoric acid groups is 2. The maximum atomic E-state index is 13.1. The number of unbranched alkanes of at least 4 members (excludes halogenated alkanes) is 37. The summed E-state index contributed by atoms with van der Waals surface area (Å²) in [5.74, 6) is -2.19. The number of rotatable bonds is 73. The maximum absolute atomic E-state index is 13.1. The average molecular weight is 1400 g/mol. The van der Waals surface area contributed by atoms with Crippen LogP contribution in [0.3, 0.4) is 0 Å². The molecule has 560 valence electrons. The molecule has 0 aromatic carbocycles. The summed E-state index contributed by atoms with van der Waals surface area (Å²) >= 11 is 0. The van der Waals surface area contributed by atoms with Gasteiger partial charge in [-0.25, -0.2) is 9.13 Å². The van der Waals surface area contributed by atoms with Gasteiger partial charge in [-0.3, -0.25) is 37.3 Å². The van der Waals surface area contributed by atoms with E-state index in [-0.39, 0.29) is 25.7 Å². The SMILES string of the molecule is CCC/C=C\C/C=C\CCCCCCCC(=O)OC(COC(=O)CCCCCCC/C=C\C/C=C\CCCCC)COP(=O)(O)OCC(O)COP(=O)(O)OCC(COC(=O)CCCCCCCCCCCCCCCCC)OC(=O)CCCCCCC/C=C\CCCCCC. The Morgan fingerprint density at radius 1 is 0.292 bits per heavy atom. The van der Waals surface area contributed by atoms with Crippen molar-refractivity contribution in [2.24, 2.45) is 0 Å². The molecule has 0 aliphatic carbocycles. The predicted octanol–water partition coefficient (Wildman–Crippen LogP) is 21.9. The lowest BCUT2D eigenvalue weighted by Gasteiger charge is -2.21. The Labute approximate surface area is 584 Å². The number of hydrogen-bond acceptors (Lipinski definition) is 15. The summed E-state index contributed by atoms with van der Waals surface area (Å²) in [5.41, 5.74) is 0. The standard InChI is InChI=1S/C77H140O17P2/c1-5-9-13-17-21-25-29-33-35-39-41-45-49-53-57-61-74(79)87-67-72(93-76(81)63-59-55-51-47-43-37-31-27-23-19-15-11-7-3)69-91-95(83,84)89-65-71(78)66-90-96(85,86)92-70-73(94-77(82)64-60-56-52-48-44-38-32-28-24-20-16-12-8-4)68-88-75(80)62-58-54-50-46-42-40-36-34-30-26-22-18-14-10-6-2/h15,19,21,25,27-28,31-33,35,71-73,78H,5-14,16-18,20,22-24,26,29-30,34,36-70H2,1-4H3,(H,83,84)(H,85,86)/b19-15-,25-21-,31-27-,32-28-,35-33-. The van der Waals surface area contributed by atoms with E-state index < -0.39 is 97.5 Å². The maximum Gasteiger partial charge on any atom is 0.472 e. The number of aliphatic hydroxyl groups excluding tert-OH is 1. The van der Waals surface area contributed by atoms with Crippen LogP contribution >= 0.6 is 15.6 Å². The first-order chi connectivity index (χ1) is 46.7. The van der Waals surface area contributed by atoms with Crippen LogP contribution < -0.4 is 0 Å². The van der Waals surface area contributed by atoms with Crippen LogP contribution in [0.25, 0.3) is 0 Å². The first-order valence-corrected chi connectivity index (χ1v) is 41.5. The lowest BCUT2D eigenvalue weighted by atomic mass is 10.0. The molecular weight excluding hydrogens is 1260 g/mol. The summed E-state index contributed by atoms with van der Waals surface area (Å²) in [6.45, 7) is 4.78. The summed E-state index contributed by atoms with van der Waals surface area (Å²) in [4.78, 5) is 72.8. The quantitative estimate of drug-likeness (QED) is 0.0169. The van der Waals surface area contributed by atoms with Crippen molar-refractivity contribution in [3.63, 3.8) is 0 Å². The Hall–Kier alpha value is -3.24. The lowest BCUT2D eigenvalue weighted by molar-refractivity contribution is -0.161. The zero-order valence-corrected chi connectivity index (χ0v) is 62.8. The molecule has 0 heterocycles. The summed E-state index contributed by atoms with van der Waals surface area (Å²) in [6, 6.07) is 0. The fourth-order valence-corrected chi connectivity index (χ4v) is 12.1. The van der Waals surface area contributed by atoms with Crippen LogP contribution in [-0.4, -0.2) is 96.7 Å². The van der Waals surface area contributed by atoms with Gasteiger partial charge >= 0.3 is 39.5 Å². The molecule has 0 amide bonds. The number of hydrogen-bond donors (Lipinski definition) is 3. The molecule has 5 atom stereocenters. The van der Waals surface area contributed by atoms with Crippen molar-refractivity contribution in [3.8, 4) is 0 Å². The van der Waals surface area contributed by atoms with Crippen molar-refractivity contribution < 1.29 is 80.2 Å². The number of carbonyl (C=O) groups is 4. The molecule has 0 radical (unpaired) electrons. The van der Waals surface area contributed by atoms with Gasteiger partial charge in [0, 0.05) is 25.7 Å². The van der Waals surface area contributed by atoms with Crippen LogP contribution in [0, 0.1) is 0 Å². The highest BCUT2D eigenvalue weighted by Gasteiger charge is 2.30. The fourth-order valence-electron chi connectivity index (χ4n) is 10.5. The Bertz CT molecular complexity index is 2060. The second-order valence-corrected chi connectivity index (χ2v) is 28.9. The van der Waals surface area contributed by atoms with Gasteiger partial charge < -0.3 is 33.8 Å². The van der Waals surface area contributed by atoms with E-state index in [1.165, 1.54) is 116 Å². The van der Waals surface area contributed by atoms with Crippen LogP contribution in [-0.2, 0) is 65.4 Å². The largest absolute Gasteiger partial charge is 0.472 e. The van der Waals surface area contributed by atoms with Gasteiger partial charge in [0.25, 0.3) is 0 Å². The number of aliphatic hydroxyl groups is 1. The average Bonchev–Trinajstić information content (AvgIpc) is 1.15. The molecule has 19 heteroatoms. The number of ether oxygens (including phenoxy) is 4. The highest BCUT2D eigenvalue weighted by atomic mass is 31.2. The Morgan fingerprint density at radius 3 is 0.854 bits per heavy atom. The molecule has 0 aliphatic heterocycles. The third-order valence-electron chi connectivity index (χ3n) is 16.4. The van der Waals surface area contributed by atoms with Crippen molar-refractivity contribution in [2.45, 2.75) is 367 Å². The summed E-state index contributed by atoms with van der Waals surface area (Å²) in [6.07, 6.45) is 67.8. The molecule has 3 N–H and O–H groups in total. The van der Waals surface area contributed by atoms with E-state index in [1.807, 2.05) is 0 Å². The Morgan fingerprint density at radius 2 is 0.531 bits per heavy atom. The van der Waals surface area contributed by atoms with Gasteiger partial charge in [-0.2, -0.15) is 0 Å². The Balaban J connectivity index is 5.32. The van der Waals surface area contributed by atoms with E-state index in [4.69, 9.17) is 37.0 Å². The van der Waals surface area contributed by atoms with Gasteiger partial charge in [0.2, 0.25) is 0 Å². The predicted molar refractivity (Wildman–Crippen MR) is 390 cm³/mol. The molecule has 0 rings (SSSR count). The fraction of sp³-hybridized carbons (Fsp3) is 0.818. The van der Waals surface area contributed by atoms with E-state index >= 15 is 0 Å². The molecule has 0 spiro atoms. The number of allylic oxidation sites excluding steroid dienone is 10. The summed E-state index contributed by atoms with van der Waals surface area (Å²) in [5, 5.41) is 10.6. The second kappa shape index (κ2) is 70.2. The number of phosphoric ester groups is 2. The van der Waals surface area contributed by atoms with Crippen molar-refractivity contribution in [1.29, 1.82) is 0 Å². The van der Waals surface area contributed by atoms with Gasteiger partial charge in [0.05, 0.1) is 26.4 Å². The van der Waals surface area contributed by atoms with E-state index in [1.54, 1.807) is 0 Å². The van der Waals surface area contributed by atoms with Crippen LogP contribution in [0.15, 0.2) is 60.8 Å². The van der Waals surface area contributed by atoms with Gasteiger partial charge in [-0.1, -0.05) is 275 Å². The third kappa shape index (κ3) is 69.2. The van der Waals surface area contributed by atoms with Crippen LogP contribution in [0.4, 0.5) is 0 Å². The highest BCUT2D eigenvalue weighted by molar-refractivity contribution is 7.47. The van der Waals surface area contributed by atoms with Crippen molar-refractivity contribution >= 4 is 39.5 Å².